The standard InChI is InChI=1S/C7H3F2O2/c8-7(9)10-5-3-1-2-4-6(5)11-7/h1-3H. The maximum Gasteiger partial charge on any atom is 0.586 e. The van der Waals surface area contributed by atoms with Crippen molar-refractivity contribution >= 4 is 0 Å². The summed E-state index contributed by atoms with van der Waals surface area (Å²) in [5.74, 6) is -0.0185. The van der Waals surface area contributed by atoms with E-state index < -0.39 is 6.29 Å². The average Bonchev–Trinajstić information content (AvgIpc) is 2.21. The Balaban J connectivity index is 2.41. The molecule has 0 saturated heterocycles. The van der Waals surface area contributed by atoms with E-state index in [2.05, 4.69) is 15.5 Å². The molecule has 0 amide bonds. The fraction of sp³-hybridized carbons (Fsp3) is 0.143. The third kappa shape index (κ3) is 1.00. The molecule has 0 fully saturated rings. The summed E-state index contributed by atoms with van der Waals surface area (Å²) in [5, 5.41) is 0. The van der Waals surface area contributed by atoms with Crippen LogP contribution in [-0.2, 0) is 0 Å². The van der Waals surface area contributed by atoms with Crippen LogP contribution < -0.4 is 9.47 Å². The van der Waals surface area contributed by atoms with Crippen LogP contribution in [-0.4, -0.2) is 6.29 Å². The molecule has 1 aliphatic heterocycles. The number of ether oxygens (including phenoxy) is 2. The van der Waals surface area contributed by atoms with Gasteiger partial charge in [0.2, 0.25) is 0 Å². The molecule has 11 heavy (non-hydrogen) atoms. The molecule has 1 aromatic carbocycles. The summed E-state index contributed by atoms with van der Waals surface area (Å²) in [4.78, 5) is 0. The van der Waals surface area contributed by atoms with Crippen molar-refractivity contribution in [1.29, 1.82) is 0 Å². The number of alkyl halides is 2. The topological polar surface area (TPSA) is 18.5 Å². The minimum absolute atomic E-state index is 0.0255. The van der Waals surface area contributed by atoms with Gasteiger partial charge in [0.05, 0.1) is 0 Å². The summed E-state index contributed by atoms with van der Waals surface area (Å²) in [6, 6.07) is 6.89. The molecule has 1 aliphatic rings. The van der Waals surface area contributed by atoms with Gasteiger partial charge in [-0.1, -0.05) is 12.1 Å². The van der Waals surface area contributed by atoms with Gasteiger partial charge >= 0.3 is 6.29 Å². The molecule has 2 nitrogen and oxygen atoms in total. The Hall–Kier alpha value is -1.32. The van der Waals surface area contributed by atoms with E-state index in [4.69, 9.17) is 0 Å². The van der Waals surface area contributed by atoms with Crippen molar-refractivity contribution in [3.05, 3.63) is 24.3 Å². The zero-order valence-electron chi connectivity index (χ0n) is 5.30. The molecule has 0 atom stereocenters. The molecule has 1 aromatic rings. The summed E-state index contributed by atoms with van der Waals surface area (Å²) in [5.41, 5.74) is 0. The molecule has 0 spiro atoms. The van der Waals surface area contributed by atoms with E-state index in [1.165, 1.54) is 12.1 Å². The van der Waals surface area contributed by atoms with Crippen LogP contribution in [0, 0.1) is 6.07 Å². The second-order valence-electron chi connectivity index (χ2n) is 2.03. The normalized spacial score (nSPS) is 18.4. The van der Waals surface area contributed by atoms with Gasteiger partial charge in [0.15, 0.2) is 11.5 Å². The predicted molar refractivity (Wildman–Crippen MR) is 31.5 cm³/mol. The number of benzene rings is 1. The predicted octanol–water partition coefficient (Wildman–Crippen LogP) is 1.81. The highest BCUT2D eigenvalue weighted by Gasteiger charge is 2.43. The summed E-state index contributed by atoms with van der Waals surface area (Å²) < 4.78 is 32.7. The first-order chi connectivity index (χ1) is 5.17. The van der Waals surface area contributed by atoms with Crippen LogP contribution in [0.1, 0.15) is 0 Å². The van der Waals surface area contributed by atoms with E-state index in [-0.39, 0.29) is 11.5 Å². The van der Waals surface area contributed by atoms with E-state index in [1.807, 2.05) is 0 Å². The molecular formula is C7H3F2O2. The number of halogens is 2. The Morgan fingerprint density at radius 1 is 1.36 bits per heavy atom. The van der Waals surface area contributed by atoms with Gasteiger partial charge in [0, 0.05) is 6.07 Å². The van der Waals surface area contributed by atoms with Crippen molar-refractivity contribution in [3.8, 4) is 11.5 Å². The van der Waals surface area contributed by atoms with Crippen LogP contribution in [0.3, 0.4) is 0 Å². The highest BCUT2D eigenvalue weighted by molar-refractivity contribution is 5.40. The van der Waals surface area contributed by atoms with Gasteiger partial charge < -0.3 is 9.47 Å². The smallest absolute Gasteiger partial charge is 0.395 e. The fourth-order valence-electron chi connectivity index (χ4n) is 0.834. The zero-order chi connectivity index (χ0) is 7.90. The summed E-state index contributed by atoms with van der Waals surface area (Å²) in [6.07, 6.45) is -3.53. The quantitative estimate of drug-likeness (QED) is 0.571. The molecule has 0 aromatic heterocycles. The Morgan fingerprint density at radius 3 is 2.91 bits per heavy atom. The van der Waals surface area contributed by atoms with Crippen molar-refractivity contribution in [2.45, 2.75) is 6.29 Å². The lowest BCUT2D eigenvalue weighted by atomic mass is 10.3. The first-order valence-electron chi connectivity index (χ1n) is 2.94. The van der Waals surface area contributed by atoms with Gasteiger partial charge in [-0.25, -0.2) is 0 Å². The van der Waals surface area contributed by atoms with Crippen LogP contribution in [0.2, 0.25) is 0 Å². The summed E-state index contributed by atoms with van der Waals surface area (Å²) in [6.45, 7) is 0. The third-order valence-corrected chi connectivity index (χ3v) is 1.23. The van der Waals surface area contributed by atoms with Gasteiger partial charge in [0.25, 0.3) is 0 Å². The van der Waals surface area contributed by atoms with Crippen LogP contribution in [0.5, 0.6) is 11.5 Å². The van der Waals surface area contributed by atoms with Crippen molar-refractivity contribution in [2.75, 3.05) is 0 Å². The molecule has 0 aliphatic carbocycles. The Bertz CT molecular complexity index is 259. The third-order valence-electron chi connectivity index (χ3n) is 1.23. The van der Waals surface area contributed by atoms with Crippen molar-refractivity contribution in [3.63, 3.8) is 0 Å². The maximum absolute atomic E-state index is 12.3. The van der Waals surface area contributed by atoms with E-state index in [9.17, 15) is 8.78 Å². The lowest BCUT2D eigenvalue weighted by molar-refractivity contribution is -0.286. The second-order valence-corrected chi connectivity index (χ2v) is 2.03. The Labute approximate surface area is 61.3 Å². The maximum atomic E-state index is 12.3. The van der Waals surface area contributed by atoms with Gasteiger partial charge in [-0.2, -0.15) is 0 Å². The lowest BCUT2D eigenvalue weighted by Crippen LogP contribution is -2.25. The minimum Gasteiger partial charge on any atom is -0.395 e. The monoisotopic (exact) mass is 157 g/mol. The van der Waals surface area contributed by atoms with Crippen molar-refractivity contribution < 1.29 is 18.3 Å². The molecule has 0 unspecified atom stereocenters. The molecule has 2 rings (SSSR count). The molecule has 0 bridgehead atoms. The molecule has 57 valence electrons. The van der Waals surface area contributed by atoms with Crippen LogP contribution >= 0.6 is 0 Å². The average molecular weight is 157 g/mol. The fourth-order valence-corrected chi connectivity index (χ4v) is 0.834. The largest absolute Gasteiger partial charge is 0.586 e. The van der Waals surface area contributed by atoms with Crippen molar-refractivity contribution in [2.24, 2.45) is 0 Å². The van der Waals surface area contributed by atoms with Crippen LogP contribution in [0.25, 0.3) is 0 Å². The first-order valence-corrected chi connectivity index (χ1v) is 2.94. The Morgan fingerprint density at radius 2 is 2.18 bits per heavy atom. The molecular weight excluding hydrogens is 154 g/mol. The van der Waals surface area contributed by atoms with Gasteiger partial charge in [-0.05, 0) is 6.07 Å². The zero-order valence-corrected chi connectivity index (χ0v) is 5.30. The van der Waals surface area contributed by atoms with Gasteiger partial charge in [0.1, 0.15) is 0 Å². The summed E-state index contributed by atoms with van der Waals surface area (Å²) >= 11 is 0. The van der Waals surface area contributed by atoms with Crippen molar-refractivity contribution in [1.82, 2.24) is 0 Å². The van der Waals surface area contributed by atoms with E-state index in [0.29, 0.717) is 0 Å². The van der Waals surface area contributed by atoms with E-state index in [1.54, 1.807) is 6.07 Å². The van der Waals surface area contributed by atoms with Crippen LogP contribution in [0.4, 0.5) is 8.78 Å². The SMILES string of the molecule is FC1(F)Oc2[c]cccc2O1. The van der Waals surface area contributed by atoms with Crippen LogP contribution in [0.15, 0.2) is 18.2 Å². The highest BCUT2D eigenvalue weighted by Crippen LogP contribution is 2.39. The number of fused-ring (bicyclic) bond motifs is 1. The number of hydrogen-bond acceptors (Lipinski definition) is 2. The highest BCUT2D eigenvalue weighted by atomic mass is 19.3. The Kier molecular flexibility index (Phi) is 1.07. The second kappa shape index (κ2) is 1.84. The van der Waals surface area contributed by atoms with E-state index in [0.717, 1.165) is 0 Å². The first kappa shape index (κ1) is 6.39. The van der Waals surface area contributed by atoms with Gasteiger partial charge in [-0.3, -0.25) is 0 Å². The molecule has 0 saturated carbocycles. The summed E-state index contributed by atoms with van der Waals surface area (Å²) in [7, 11) is 0. The molecule has 1 radical (unpaired) electrons. The minimum atomic E-state index is -3.53. The van der Waals surface area contributed by atoms with Gasteiger partial charge in [-0.15, -0.1) is 8.78 Å². The number of para-hydroxylation sites is 1. The molecule has 1 heterocycles. The number of rotatable bonds is 0. The van der Waals surface area contributed by atoms with E-state index >= 15 is 0 Å². The molecule has 4 heteroatoms. The lowest BCUT2D eigenvalue weighted by Gasteiger charge is -2.04. The number of hydrogen-bond donors (Lipinski definition) is 0. The molecule has 0 N–H and O–H groups in total.